The second kappa shape index (κ2) is 3.35. The van der Waals surface area contributed by atoms with E-state index in [1.165, 1.54) is 12.1 Å². The van der Waals surface area contributed by atoms with Crippen LogP contribution in [0.3, 0.4) is 0 Å². The highest BCUT2D eigenvalue weighted by molar-refractivity contribution is 7.95. The molecule has 0 saturated heterocycles. The summed E-state index contributed by atoms with van der Waals surface area (Å²) < 4.78 is 23.2. The zero-order valence-electron chi connectivity index (χ0n) is 8.06. The van der Waals surface area contributed by atoms with Crippen LogP contribution in [-0.2, 0) is 9.84 Å². The molecule has 0 aliphatic carbocycles. The third-order valence-corrected chi connectivity index (χ3v) is 3.75. The maximum absolute atomic E-state index is 11.6. The van der Waals surface area contributed by atoms with Crippen molar-refractivity contribution in [3.63, 3.8) is 0 Å². The topological polar surface area (TPSA) is 120 Å². The Kier molecular flexibility index (Phi) is 2.21. The lowest BCUT2D eigenvalue weighted by atomic mass is 10.1. The molecule has 1 aromatic carbocycles. The van der Waals surface area contributed by atoms with Gasteiger partial charge in [-0.1, -0.05) is 6.07 Å². The average Bonchev–Trinajstić information content (AvgIpc) is 2.51. The maximum atomic E-state index is 11.6. The second-order valence-electron chi connectivity index (χ2n) is 3.22. The first kappa shape index (κ1) is 11.2. The Hall–Kier alpha value is -2.29. The first-order valence-corrected chi connectivity index (χ1v) is 5.78. The first-order valence-electron chi connectivity index (χ1n) is 4.23. The zero-order valence-corrected chi connectivity index (χ0v) is 8.88. The van der Waals surface area contributed by atoms with E-state index in [9.17, 15) is 28.6 Å². The number of benzene rings is 1. The summed E-state index contributed by atoms with van der Waals surface area (Å²) in [5.41, 5.74) is -1.55. The van der Waals surface area contributed by atoms with Crippen LogP contribution in [0.2, 0.25) is 0 Å². The van der Waals surface area contributed by atoms with Crippen LogP contribution in [0.4, 0.5) is 5.69 Å². The number of hydrogen-bond donors (Lipinski definition) is 0. The van der Waals surface area contributed by atoms with Crippen LogP contribution in [0.1, 0.15) is 5.56 Å². The van der Waals surface area contributed by atoms with E-state index >= 15 is 0 Å². The molecule has 0 radical (unpaired) electrons. The van der Waals surface area contributed by atoms with Crippen molar-refractivity contribution in [2.24, 2.45) is 0 Å². The molecule has 0 aromatic heterocycles. The highest BCUT2D eigenvalue weighted by Gasteiger charge is 2.40. The van der Waals surface area contributed by atoms with Crippen LogP contribution in [0.15, 0.2) is 28.5 Å². The zero-order chi connectivity index (χ0) is 12.8. The Balaban J connectivity index is 2.86. The smallest absolute Gasteiger partial charge is 0.258 e. The van der Waals surface area contributed by atoms with Crippen molar-refractivity contribution in [1.82, 2.24) is 0 Å². The Morgan fingerprint density at radius 2 is 1.71 bits per heavy atom. The van der Waals surface area contributed by atoms with E-state index in [0.717, 1.165) is 6.07 Å². The van der Waals surface area contributed by atoms with Gasteiger partial charge < -0.3 is 0 Å². The molecule has 88 valence electrons. The van der Waals surface area contributed by atoms with Crippen LogP contribution in [0.25, 0.3) is 5.70 Å². The van der Waals surface area contributed by atoms with Gasteiger partial charge in [-0.2, -0.15) is 0 Å². The summed E-state index contributed by atoms with van der Waals surface area (Å²) in [7, 11) is -4.12. The van der Waals surface area contributed by atoms with Crippen LogP contribution in [0.5, 0.6) is 0 Å². The Bertz CT molecular complexity index is 675. The molecule has 1 aliphatic rings. The number of nitro benzene ring substituents is 1. The van der Waals surface area contributed by atoms with Gasteiger partial charge in [-0.25, -0.2) is 8.42 Å². The molecule has 17 heavy (non-hydrogen) atoms. The number of sulfone groups is 1. The van der Waals surface area contributed by atoms with Crippen molar-refractivity contribution < 1.29 is 18.3 Å². The van der Waals surface area contributed by atoms with Crippen molar-refractivity contribution in [1.29, 1.82) is 0 Å². The minimum absolute atomic E-state index is 0.246. The molecule has 8 nitrogen and oxygen atoms in total. The molecule has 0 N–H and O–H groups in total. The van der Waals surface area contributed by atoms with E-state index in [0.29, 0.717) is 5.41 Å². The first-order chi connectivity index (χ1) is 7.84. The normalized spacial score (nSPS) is 16.1. The minimum Gasteiger partial charge on any atom is -0.258 e. The number of nitrogens with zero attached hydrogens (tertiary/aromatic N) is 2. The molecule has 1 aliphatic heterocycles. The van der Waals surface area contributed by atoms with Crippen molar-refractivity contribution in [3.8, 4) is 0 Å². The molecule has 0 saturated carbocycles. The molecular weight excluding hydrogens is 252 g/mol. The van der Waals surface area contributed by atoms with Crippen molar-refractivity contribution in [2.45, 2.75) is 4.90 Å². The van der Waals surface area contributed by atoms with Crippen LogP contribution < -0.4 is 0 Å². The van der Waals surface area contributed by atoms with Gasteiger partial charge in [0.2, 0.25) is 9.84 Å². The molecule has 0 spiro atoms. The maximum Gasteiger partial charge on any atom is 0.289 e. The molecule has 0 unspecified atom stereocenters. The Morgan fingerprint density at radius 1 is 1.06 bits per heavy atom. The summed E-state index contributed by atoms with van der Waals surface area (Å²) in [5, 5.41) is 21.7. The summed E-state index contributed by atoms with van der Waals surface area (Å²) in [6.45, 7) is 0. The standard InChI is InChI=1S/C8H4N2O6S/c11-9(12)6-3-1-2-5-7(10(13)14)4-17(15,16)8(5)6/h1-4H. The fourth-order valence-corrected chi connectivity index (χ4v) is 3.12. The molecule has 9 heteroatoms. The third-order valence-electron chi connectivity index (χ3n) is 2.21. The van der Waals surface area contributed by atoms with E-state index < -0.39 is 36.0 Å². The van der Waals surface area contributed by atoms with E-state index in [2.05, 4.69) is 0 Å². The number of fused-ring (bicyclic) bond motifs is 1. The predicted molar refractivity (Wildman–Crippen MR) is 55.3 cm³/mol. The molecule has 0 fully saturated rings. The number of nitro groups is 2. The van der Waals surface area contributed by atoms with Gasteiger partial charge in [-0.3, -0.25) is 20.2 Å². The van der Waals surface area contributed by atoms with Crippen molar-refractivity contribution >= 4 is 21.2 Å². The van der Waals surface area contributed by atoms with E-state index in [1.807, 2.05) is 0 Å². The number of rotatable bonds is 2. The molecule has 2 rings (SSSR count). The second-order valence-corrected chi connectivity index (χ2v) is 4.95. The lowest BCUT2D eigenvalue weighted by molar-refractivity contribution is -0.388. The lowest BCUT2D eigenvalue weighted by Crippen LogP contribution is -2.01. The fourth-order valence-electron chi connectivity index (χ4n) is 1.58. The highest BCUT2D eigenvalue weighted by Crippen LogP contribution is 2.39. The van der Waals surface area contributed by atoms with Crippen LogP contribution in [-0.4, -0.2) is 18.3 Å². The Labute approximate surface area is 94.4 Å². The molecule has 0 amide bonds. The van der Waals surface area contributed by atoms with Gasteiger partial charge in [0.25, 0.3) is 11.4 Å². The molecular formula is C8H4N2O6S. The predicted octanol–water partition coefficient (Wildman–Crippen LogP) is 0.957. The molecule has 1 aromatic rings. The van der Waals surface area contributed by atoms with Gasteiger partial charge in [-0.15, -0.1) is 0 Å². The molecule has 1 heterocycles. The minimum atomic E-state index is -4.12. The Morgan fingerprint density at radius 3 is 2.24 bits per heavy atom. The van der Waals surface area contributed by atoms with Crippen molar-refractivity contribution in [3.05, 3.63) is 49.4 Å². The SMILES string of the molecule is O=[N+]([O-])C1=CS(=O)(=O)c2c1cccc2[N+](=O)[O-]. The number of hydrogen-bond acceptors (Lipinski definition) is 6. The fraction of sp³-hybridized carbons (Fsp3) is 0. The van der Waals surface area contributed by atoms with Gasteiger partial charge in [0.05, 0.1) is 15.4 Å². The largest absolute Gasteiger partial charge is 0.289 e. The van der Waals surface area contributed by atoms with E-state index in [-0.39, 0.29) is 5.56 Å². The van der Waals surface area contributed by atoms with E-state index in [4.69, 9.17) is 0 Å². The van der Waals surface area contributed by atoms with Gasteiger partial charge in [0.15, 0.2) is 4.90 Å². The van der Waals surface area contributed by atoms with Gasteiger partial charge >= 0.3 is 0 Å². The van der Waals surface area contributed by atoms with E-state index in [1.54, 1.807) is 0 Å². The van der Waals surface area contributed by atoms with Gasteiger partial charge in [-0.05, 0) is 6.07 Å². The van der Waals surface area contributed by atoms with Gasteiger partial charge in [0, 0.05) is 6.07 Å². The summed E-state index contributed by atoms with van der Waals surface area (Å²) >= 11 is 0. The average molecular weight is 256 g/mol. The van der Waals surface area contributed by atoms with Crippen LogP contribution in [0, 0.1) is 20.2 Å². The lowest BCUT2D eigenvalue weighted by Gasteiger charge is -1.99. The summed E-state index contributed by atoms with van der Waals surface area (Å²) in [6.07, 6.45) is 0. The quantitative estimate of drug-likeness (QED) is 0.573. The third kappa shape index (κ3) is 1.56. The molecule has 0 bridgehead atoms. The van der Waals surface area contributed by atoms with Crippen molar-refractivity contribution in [2.75, 3.05) is 0 Å². The summed E-state index contributed by atoms with van der Waals surface area (Å²) in [5.74, 6) is 0. The van der Waals surface area contributed by atoms with Gasteiger partial charge in [0.1, 0.15) is 5.41 Å². The highest BCUT2D eigenvalue weighted by atomic mass is 32.2. The monoisotopic (exact) mass is 256 g/mol. The van der Waals surface area contributed by atoms with Crippen LogP contribution >= 0.6 is 0 Å². The summed E-state index contributed by atoms with van der Waals surface area (Å²) in [6, 6.07) is 3.36. The summed E-state index contributed by atoms with van der Waals surface area (Å²) in [4.78, 5) is 18.9. The molecule has 0 atom stereocenters.